The van der Waals surface area contributed by atoms with Crippen LogP contribution in [0.5, 0.6) is 11.5 Å². The van der Waals surface area contributed by atoms with E-state index in [1.165, 1.54) is 0 Å². The molecule has 0 aliphatic heterocycles. The van der Waals surface area contributed by atoms with Gasteiger partial charge in [-0.3, -0.25) is 9.78 Å². The van der Waals surface area contributed by atoms with Gasteiger partial charge in [0.1, 0.15) is 5.69 Å². The average molecular weight is 350 g/mol. The SMILES string of the molecule is CCCOc1ccc(CNC(=O)c2nccc3ccccc23)cc1OC. The molecule has 3 rings (SSSR count). The first-order chi connectivity index (χ1) is 12.7. The Balaban J connectivity index is 1.73. The van der Waals surface area contributed by atoms with Crippen LogP contribution in [0.15, 0.2) is 54.7 Å². The molecule has 0 bridgehead atoms. The molecule has 3 aromatic rings. The van der Waals surface area contributed by atoms with Gasteiger partial charge in [-0.25, -0.2) is 0 Å². The molecule has 0 radical (unpaired) electrons. The number of pyridine rings is 1. The predicted octanol–water partition coefficient (Wildman–Crippen LogP) is 3.96. The topological polar surface area (TPSA) is 60.5 Å². The molecule has 0 unspecified atom stereocenters. The number of carbonyl (C=O) groups is 1. The summed E-state index contributed by atoms with van der Waals surface area (Å²) in [5.41, 5.74) is 1.36. The van der Waals surface area contributed by atoms with Crippen LogP contribution in [0.1, 0.15) is 29.4 Å². The summed E-state index contributed by atoms with van der Waals surface area (Å²) in [4.78, 5) is 16.8. The maximum absolute atomic E-state index is 12.6. The van der Waals surface area contributed by atoms with Crippen molar-refractivity contribution < 1.29 is 14.3 Å². The minimum absolute atomic E-state index is 0.202. The number of nitrogens with zero attached hydrogens (tertiary/aromatic N) is 1. The largest absolute Gasteiger partial charge is 0.493 e. The molecule has 134 valence electrons. The molecule has 2 aromatic carbocycles. The van der Waals surface area contributed by atoms with Crippen LogP contribution in [-0.2, 0) is 6.54 Å². The average Bonchev–Trinajstić information content (AvgIpc) is 2.70. The molecule has 26 heavy (non-hydrogen) atoms. The van der Waals surface area contributed by atoms with E-state index in [1.807, 2.05) is 48.5 Å². The fraction of sp³-hybridized carbons (Fsp3) is 0.238. The lowest BCUT2D eigenvalue weighted by Crippen LogP contribution is -2.24. The van der Waals surface area contributed by atoms with Crippen molar-refractivity contribution in [3.63, 3.8) is 0 Å². The first-order valence-electron chi connectivity index (χ1n) is 8.64. The van der Waals surface area contributed by atoms with Gasteiger partial charge in [0.2, 0.25) is 0 Å². The number of carbonyl (C=O) groups excluding carboxylic acids is 1. The second-order valence-corrected chi connectivity index (χ2v) is 5.90. The molecular weight excluding hydrogens is 328 g/mol. The molecule has 5 heteroatoms. The van der Waals surface area contributed by atoms with E-state index in [0.29, 0.717) is 30.3 Å². The number of nitrogens with one attached hydrogen (secondary N) is 1. The van der Waals surface area contributed by atoms with Crippen molar-refractivity contribution in [1.29, 1.82) is 0 Å². The first kappa shape index (κ1) is 17.7. The summed E-state index contributed by atoms with van der Waals surface area (Å²) in [6.45, 7) is 3.07. The zero-order valence-electron chi connectivity index (χ0n) is 15.0. The Bertz CT molecular complexity index is 903. The van der Waals surface area contributed by atoms with Crippen molar-refractivity contribution in [3.8, 4) is 11.5 Å². The van der Waals surface area contributed by atoms with Crippen molar-refractivity contribution in [2.75, 3.05) is 13.7 Å². The Morgan fingerprint density at radius 3 is 2.77 bits per heavy atom. The van der Waals surface area contributed by atoms with Gasteiger partial charge in [-0.15, -0.1) is 0 Å². The molecule has 0 spiro atoms. The van der Waals surface area contributed by atoms with E-state index < -0.39 is 0 Å². The monoisotopic (exact) mass is 350 g/mol. The van der Waals surface area contributed by atoms with Gasteiger partial charge >= 0.3 is 0 Å². The molecule has 0 fully saturated rings. The minimum atomic E-state index is -0.202. The molecule has 0 aliphatic rings. The molecule has 0 aliphatic carbocycles. The second kappa shape index (κ2) is 8.34. The number of amides is 1. The van der Waals surface area contributed by atoms with E-state index in [2.05, 4.69) is 17.2 Å². The zero-order chi connectivity index (χ0) is 18.4. The van der Waals surface area contributed by atoms with Gasteiger partial charge in [0.05, 0.1) is 13.7 Å². The molecule has 5 nitrogen and oxygen atoms in total. The molecule has 1 amide bonds. The second-order valence-electron chi connectivity index (χ2n) is 5.90. The molecule has 1 heterocycles. The Hall–Kier alpha value is -3.08. The van der Waals surface area contributed by atoms with Gasteiger partial charge in [-0.2, -0.15) is 0 Å². The highest BCUT2D eigenvalue weighted by molar-refractivity contribution is 6.05. The van der Waals surface area contributed by atoms with Crippen LogP contribution < -0.4 is 14.8 Å². The maximum atomic E-state index is 12.6. The van der Waals surface area contributed by atoms with Crippen LogP contribution in [0.3, 0.4) is 0 Å². The van der Waals surface area contributed by atoms with Crippen LogP contribution in [0.25, 0.3) is 10.8 Å². The van der Waals surface area contributed by atoms with E-state index >= 15 is 0 Å². The summed E-state index contributed by atoms with van der Waals surface area (Å²) in [5.74, 6) is 1.17. The lowest BCUT2D eigenvalue weighted by molar-refractivity contribution is 0.0947. The summed E-state index contributed by atoms with van der Waals surface area (Å²) in [7, 11) is 1.61. The summed E-state index contributed by atoms with van der Waals surface area (Å²) >= 11 is 0. The molecule has 0 saturated heterocycles. The van der Waals surface area contributed by atoms with E-state index in [-0.39, 0.29) is 5.91 Å². The summed E-state index contributed by atoms with van der Waals surface area (Å²) in [5, 5.41) is 4.76. The van der Waals surface area contributed by atoms with Gasteiger partial charge in [0.25, 0.3) is 5.91 Å². The summed E-state index contributed by atoms with van der Waals surface area (Å²) in [6.07, 6.45) is 2.58. The van der Waals surface area contributed by atoms with Crippen molar-refractivity contribution in [2.24, 2.45) is 0 Å². The minimum Gasteiger partial charge on any atom is -0.493 e. The third kappa shape index (κ3) is 3.94. The quantitative estimate of drug-likeness (QED) is 0.701. The van der Waals surface area contributed by atoms with Crippen LogP contribution in [-0.4, -0.2) is 24.6 Å². The lowest BCUT2D eigenvalue weighted by Gasteiger charge is -2.12. The highest BCUT2D eigenvalue weighted by Gasteiger charge is 2.12. The van der Waals surface area contributed by atoms with E-state index in [9.17, 15) is 4.79 Å². The standard InChI is InChI=1S/C21H22N2O3/c1-3-12-26-18-9-8-15(13-19(18)25-2)14-23-21(24)20-17-7-5-4-6-16(17)10-11-22-20/h4-11,13H,3,12,14H2,1-2H3,(H,23,24). The van der Waals surface area contributed by atoms with Crippen LogP contribution in [0.2, 0.25) is 0 Å². The van der Waals surface area contributed by atoms with Crippen LogP contribution in [0.4, 0.5) is 0 Å². The Kier molecular flexibility index (Phi) is 5.69. The molecule has 0 atom stereocenters. The zero-order valence-corrected chi connectivity index (χ0v) is 15.0. The van der Waals surface area contributed by atoms with Gasteiger partial charge in [0.15, 0.2) is 11.5 Å². The summed E-state index contributed by atoms with van der Waals surface area (Å²) < 4.78 is 11.0. The van der Waals surface area contributed by atoms with Crippen molar-refractivity contribution in [1.82, 2.24) is 10.3 Å². The molecular formula is C21H22N2O3. The van der Waals surface area contributed by atoms with Gasteiger partial charge in [-0.05, 0) is 35.6 Å². The number of hydrogen-bond donors (Lipinski definition) is 1. The van der Waals surface area contributed by atoms with E-state index in [4.69, 9.17) is 9.47 Å². The van der Waals surface area contributed by atoms with Gasteiger partial charge < -0.3 is 14.8 Å². The fourth-order valence-electron chi connectivity index (χ4n) is 2.72. The first-order valence-corrected chi connectivity index (χ1v) is 8.64. The number of benzene rings is 2. The van der Waals surface area contributed by atoms with Crippen molar-refractivity contribution in [3.05, 3.63) is 66.0 Å². The fourth-order valence-corrected chi connectivity index (χ4v) is 2.72. The van der Waals surface area contributed by atoms with E-state index in [0.717, 1.165) is 22.8 Å². The van der Waals surface area contributed by atoms with Crippen molar-refractivity contribution >= 4 is 16.7 Å². The van der Waals surface area contributed by atoms with Gasteiger partial charge in [0, 0.05) is 18.1 Å². The Morgan fingerprint density at radius 1 is 1.12 bits per heavy atom. The Morgan fingerprint density at radius 2 is 1.96 bits per heavy atom. The number of ether oxygens (including phenoxy) is 2. The molecule has 1 N–H and O–H groups in total. The highest BCUT2D eigenvalue weighted by Crippen LogP contribution is 2.28. The van der Waals surface area contributed by atoms with E-state index in [1.54, 1.807) is 13.3 Å². The lowest BCUT2D eigenvalue weighted by atomic mass is 10.1. The number of methoxy groups -OCH3 is 1. The molecule has 1 aromatic heterocycles. The number of fused-ring (bicyclic) bond motifs is 1. The third-order valence-corrected chi connectivity index (χ3v) is 4.03. The smallest absolute Gasteiger partial charge is 0.270 e. The van der Waals surface area contributed by atoms with Crippen LogP contribution >= 0.6 is 0 Å². The van der Waals surface area contributed by atoms with Crippen LogP contribution in [0, 0.1) is 0 Å². The number of hydrogen-bond acceptors (Lipinski definition) is 4. The highest BCUT2D eigenvalue weighted by atomic mass is 16.5. The van der Waals surface area contributed by atoms with Crippen molar-refractivity contribution in [2.45, 2.75) is 19.9 Å². The molecule has 0 saturated carbocycles. The normalized spacial score (nSPS) is 10.5. The van der Waals surface area contributed by atoms with Gasteiger partial charge in [-0.1, -0.05) is 37.3 Å². The number of rotatable bonds is 7. The predicted molar refractivity (Wildman–Crippen MR) is 102 cm³/mol. The Labute approximate surface area is 153 Å². The third-order valence-electron chi connectivity index (χ3n) is 4.03. The summed E-state index contributed by atoms with van der Waals surface area (Å²) in [6, 6.07) is 15.3. The number of aromatic nitrogens is 1. The maximum Gasteiger partial charge on any atom is 0.270 e.